The maximum absolute atomic E-state index is 13.2. The highest BCUT2D eigenvalue weighted by atomic mass is 19.1. The smallest absolute Gasteiger partial charge is 0.223 e. The Balaban J connectivity index is 1.47. The monoisotopic (exact) mass is 350 g/mol. The van der Waals surface area contributed by atoms with E-state index < -0.39 is 0 Å². The van der Waals surface area contributed by atoms with Crippen LogP contribution in [-0.4, -0.2) is 22.5 Å². The van der Waals surface area contributed by atoms with Gasteiger partial charge in [0.05, 0.1) is 12.2 Å². The molecule has 1 aliphatic rings. The number of carbonyl (C=O) groups is 1. The molecule has 0 radical (unpaired) electrons. The summed E-state index contributed by atoms with van der Waals surface area (Å²) >= 11 is 0. The molecule has 1 aromatic heterocycles. The van der Waals surface area contributed by atoms with Crippen molar-refractivity contribution < 1.29 is 13.7 Å². The molecular formula is C21H19FN2O2. The lowest BCUT2D eigenvalue weighted by Gasteiger charge is -2.26. The molecule has 0 aliphatic carbocycles. The Hall–Kier alpha value is -2.95. The number of amides is 1. The Morgan fingerprint density at radius 1 is 1.12 bits per heavy atom. The molecule has 0 unspecified atom stereocenters. The molecule has 4 rings (SSSR count). The van der Waals surface area contributed by atoms with E-state index >= 15 is 0 Å². The third-order valence-electron chi connectivity index (χ3n) is 4.77. The molecular weight excluding hydrogens is 331 g/mol. The van der Waals surface area contributed by atoms with E-state index in [1.807, 2.05) is 35.2 Å². The molecule has 0 atom stereocenters. The predicted octanol–water partition coefficient (Wildman–Crippen LogP) is 4.00. The first-order valence-electron chi connectivity index (χ1n) is 8.76. The molecule has 0 spiro atoms. The van der Waals surface area contributed by atoms with Gasteiger partial charge in [-0.15, -0.1) is 0 Å². The van der Waals surface area contributed by atoms with Crippen LogP contribution in [0.15, 0.2) is 59.1 Å². The molecule has 26 heavy (non-hydrogen) atoms. The van der Waals surface area contributed by atoms with E-state index in [0.29, 0.717) is 31.7 Å². The Kier molecular flexibility index (Phi) is 4.52. The normalized spacial score (nSPS) is 13.5. The highest BCUT2D eigenvalue weighted by Crippen LogP contribution is 2.30. The van der Waals surface area contributed by atoms with Crippen molar-refractivity contribution in [1.82, 2.24) is 10.1 Å². The van der Waals surface area contributed by atoms with Crippen LogP contribution in [-0.2, 0) is 24.2 Å². The van der Waals surface area contributed by atoms with Crippen LogP contribution in [0.25, 0.3) is 11.3 Å². The third-order valence-corrected chi connectivity index (χ3v) is 4.77. The lowest BCUT2D eigenvalue weighted by Crippen LogP contribution is -2.36. The van der Waals surface area contributed by atoms with Gasteiger partial charge in [0.1, 0.15) is 5.82 Å². The van der Waals surface area contributed by atoms with Gasteiger partial charge in [-0.2, -0.15) is 0 Å². The lowest BCUT2D eigenvalue weighted by atomic mass is 10.0. The molecule has 0 saturated carbocycles. The first kappa shape index (κ1) is 16.5. The van der Waals surface area contributed by atoms with Crippen LogP contribution in [0.5, 0.6) is 0 Å². The minimum Gasteiger partial charge on any atom is -0.356 e. The van der Waals surface area contributed by atoms with Crippen LogP contribution < -0.4 is 0 Å². The second-order valence-electron chi connectivity index (χ2n) is 6.49. The average Bonchev–Trinajstić information content (AvgIpc) is 3.11. The van der Waals surface area contributed by atoms with Crippen molar-refractivity contribution in [2.45, 2.75) is 25.8 Å². The van der Waals surface area contributed by atoms with Crippen LogP contribution in [0, 0.1) is 5.82 Å². The van der Waals surface area contributed by atoms with Gasteiger partial charge in [0, 0.05) is 30.5 Å². The third kappa shape index (κ3) is 3.38. The zero-order chi connectivity index (χ0) is 17.9. The highest BCUT2D eigenvalue weighted by molar-refractivity contribution is 5.77. The van der Waals surface area contributed by atoms with Gasteiger partial charge in [0.15, 0.2) is 5.76 Å². The van der Waals surface area contributed by atoms with Gasteiger partial charge in [0.25, 0.3) is 0 Å². The van der Waals surface area contributed by atoms with Gasteiger partial charge < -0.3 is 9.42 Å². The summed E-state index contributed by atoms with van der Waals surface area (Å²) in [6, 6.07) is 16.2. The van der Waals surface area contributed by atoms with Crippen LogP contribution in [0.3, 0.4) is 0 Å². The van der Waals surface area contributed by atoms with E-state index in [0.717, 1.165) is 28.8 Å². The first-order chi connectivity index (χ1) is 12.7. The highest BCUT2D eigenvalue weighted by Gasteiger charge is 2.27. The van der Waals surface area contributed by atoms with Crippen molar-refractivity contribution in [3.8, 4) is 11.3 Å². The number of aromatic nitrogens is 1. The maximum Gasteiger partial charge on any atom is 0.223 e. The molecule has 2 heterocycles. The van der Waals surface area contributed by atoms with E-state index in [1.165, 1.54) is 12.1 Å². The van der Waals surface area contributed by atoms with E-state index in [-0.39, 0.29) is 11.7 Å². The van der Waals surface area contributed by atoms with Crippen LogP contribution in [0.2, 0.25) is 0 Å². The van der Waals surface area contributed by atoms with E-state index in [1.54, 1.807) is 12.1 Å². The number of fused-ring (bicyclic) bond motifs is 1. The predicted molar refractivity (Wildman–Crippen MR) is 95.8 cm³/mol. The fourth-order valence-electron chi connectivity index (χ4n) is 3.31. The van der Waals surface area contributed by atoms with E-state index in [2.05, 4.69) is 5.16 Å². The van der Waals surface area contributed by atoms with Crippen molar-refractivity contribution >= 4 is 5.91 Å². The van der Waals surface area contributed by atoms with Crippen LogP contribution in [0.4, 0.5) is 4.39 Å². The summed E-state index contributed by atoms with van der Waals surface area (Å²) in [5.74, 6) is 0.464. The summed E-state index contributed by atoms with van der Waals surface area (Å²) in [5, 5.41) is 4.14. The van der Waals surface area contributed by atoms with Gasteiger partial charge in [-0.05, 0) is 36.2 Å². The van der Waals surface area contributed by atoms with Gasteiger partial charge >= 0.3 is 0 Å². The number of benzene rings is 2. The van der Waals surface area contributed by atoms with Gasteiger partial charge in [-0.1, -0.05) is 35.5 Å². The quantitative estimate of drug-likeness (QED) is 0.714. The van der Waals surface area contributed by atoms with Crippen molar-refractivity contribution in [2.75, 3.05) is 6.54 Å². The van der Waals surface area contributed by atoms with E-state index in [9.17, 15) is 9.18 Å². The van der Waals surface area contributed by atoms with Crippen molar-refractivity contribution in [3.63, 3.8) is 0 Å². The molecule has 0 bridgehead atoms. The molecule has 0 N–H and O–H groups in total. The van der Waals surface area contributed by atoms with Gasteiger partial charge in [-0.25, -0.2) is 4.39 Å². The molecule has 3 aromatic rings. The number of halogens is 1. The molecule has 1 amide bonds. The zero-order valence-corrected chi connectivity index (χ0v) is 14.3. The van der Waals surface area contributed by atoms with Gasteiger partial charge in [0.2, 0.25) is 5.91 Å². The van der Waals surface area contributed by atoms with E-state index in [4.69, 9.17) is 4.52 Å². The van der Waals surface area contributed by atoms with Crippen molar-refractivity contribution in [3.05, 3.63) is 77.2 Å². The summed E-state index contributed by atoms with van der Waals surface area (Å²) < 4.78 is 18.7. The largest absolute Gasteiger partial charge is 0.356 e. The topological polar surface area (TPSA) is 46.3 Å². The number of rotatable bonds is 4. The van der Waals surface area contributed by atoms with Crippen LogP contribution >= 0.6 is 0 Å². The standard InChI is InChI=1S/C21H19FN2O2/c22-17-9-7-16(8-10-17)21-18-14-24(13-12-19(18)23-26-21)20(25)11-6-15-4-2-1-3-5-15/h1-5,7-10H,6,11-14H2. The lowest BCUT2D eigenvalue weighted by molar-refractivity contribution is -0.132. The fourth-order valence-corrected chi connectivity index (χ4v) is 3.31. The number of hydrogen-bond donors (Lipinski definition) is 0. The second-order valence-corrected chi connectivity index (χ2v) is 6.49. The molecule has 0 saturated heterocycles. The van der Waals surface area contributed by atoms with Crippen LogP contribution in [0.1, 0.15) is 23.2 Å². The first-order valence-corrected chi connectivity index (χ1v) is 8.76. The SMILES string of the molecule is O=C(CCc1ccccc1)N1CCc2noc(-c3ccc(F)cc3)c2C1. The number of carbonyl (C=O) groups excluding carboxylic acids is 1. The van der Waals surface area contributed by atoms with Crippen molar-refractivity contribution in [1.29, 1.82) is 0 Å². The number of aryl methyl sites for hydroxylation is 1. The maximum atomic E-state index is 13.2. The van der Waals surface area contributed by atoms with Crippen molar-refractivity contribution in [2.24, 2.45) is 0 Å². The molecule has 4 nitrogen and oxygen atoms in total. The minimum absolute atomic E-state index is 0.130. The average molecular weight is 350 g/mol. The molecule has 0 fully saturated rings. The molecule has 132 valence electrons. The molecule has 5 heteroatoms. The van der Waals surface area contributed by atoms with Gasteiger partial charge in [-0.3, -0.25) is 4.79 Å². The Morgan fingerprint density at radius 2 is 1.88 bits per heavy atom. The summed E-state index contributed by atoms with van der Waals surface area (Å²) in [6.45, 7) is 1.13. The Morgan fingerprint density at radius 3 is 2.65 bits per heavy atom. The summed E-state index contributed by atoms with van der Waals surface area (Å²) in [4.78, 5) is 14.5. The summed E-state index contributed by atoms with van der Waals surface area (Å²) in [6.07, 6.45) is 1.89. The summed E-state index contributed by atoms with van der Waals surface area (Å²) in [5.41, 5.74) is 3.75. The number of hydrogen-bond acceptors (Lipinski definition) is 3. The zero-order valence-electron chi connectivity index (χ0n) is 14.3. The summed E-state index contributed by atoms with van der Waals surface area (Å²) in [7, 11) is 0. The minimum atomic E-state index is -0.292. The Bertz CT molecular complexity index is 904. The molecule has 2 aromatic carbocycles. The fraction of sp³-hybridized carbons (Fsp3) is 0.238. The Labute approximate surface area is 151 Å². The number of nitrogens with zero attached hydrogens (tertiary/aromatic N) is 2. The second kappa shape index (κ2) is 7.12. The molecule has 1 aliphatic heterocycles.